The Morgan fingerprint density at radius 1 is 0.909 bits per heavy atom. The number of benzene rings is 2. The zero-order valence-electron chi connectivity index (χ0n) is 19.4. The van der Waals surface area contributed by atoms with Crippen LogP contribution < -0.4 is 4.90 Å². The van der Waals surface area contributed by atoms with Crippen LogP contribution in [0.4, 0.5) is 5.69 Å². The van der Waals surface area contributed by atoms with E-state index in [1.807, 2.05) is 79.4 Å². The summed E-state index contributed by atoms with van der Waals surface area (Å²) in [6.07, 6.45) is 1.07. The largest absolute Gasteiger partial charge is 0.342 e. The van der Waals surface area contributed by atoms with Crippen LogP contribution in [0.3, 0.4) is 0 Å². The van der Waals surface area contributed by atoms with Crippen LogP contribution in [0.15, 0.2) is 60.7 Å². The Balaban J connectivity index is 1.56. The van der Waals surface area contributed by atoms with Crippen molar-refractivity contribution in [1.82, 2.24) is 14.7 Å². The van der Waals surface area contributed by atoms with Crippen LogP contribution in [-0.4, -0.2) is 77.4 Å². The molecule has 174 valence electrons. The third-order valence-electron chi connectivity index (χ3n) is 6.92. The molecule has 3 amide bonds. The van der Waals surface area contributed by atoms with E-state index in [2.05, 4.69) is 4.90 Å². The van der Waals surface area contributed by atoms with Gasteiger partial charge in [-0.05, 0) is 51.0 Å². The Labute approximate surface area is 195 Å². The molecule has 7 nitrogen and oxygen atoms in total. The van der Waals surface area contributed by atoms with E-state index in [1.54, 1.807) is 9.80 Å². The normalized spacial score (nSPS) is 17.5. The Hall–Kier alpha value is -3.35. The van der Waals surface area contributed by atoms with Crippen LogP contribution in [0.25, 0.3) is 0 Å². The van der Waals surface area contributed by atoms with Crippen molar-refractivity contribution in [3.05, 3.63) is 66.2 Å². The van der Waals surface area contributed by atoms with Gasteiger partial charge in [-0.1, -0.05) is 36.4 Å². The van der Waals surface area contributed by atoms with Crippen molar-refractivity contribution < 1.29 is 14.4 Å². The lowest BCUT2D eigenvalue weighted by atomic mass is 9.85. The minimum Gasteiger partial charge on any atom is -0.342 e. The average Bonchev–Trinajstić information content (AvgIpc) is 3.12. The second-order valence-corrected chi connectivity index (χ2v) is 8.66. The van der Waals surface area contributed by atoms with E-state index in [0.29, 0.717) is 51.3 Å². The molecule has 0 N–H and O–H groups in total. The summed E-state index contributed by atoms with van der Waals surface area (Å²) >= 11 is 0. The molecule has 4 rings (SSSR count). The fourth-order valence-electron chi connectivity index (χ4n) is 5.00. The van der Waals surface area contributed by atoms with Crippen molar-refractivity contribution in [3.8, 4) is 0 Å². The van der Waals surface area contributed by atoms with Gasteiger partial charge in [0.05, 0.1) is 6.67 Å². The van der Waals surface area contributed by atoms with Gasteiger partial charge in [-0.25, -0.2) is 0 Å². The van der Waals surface area contributed by atoms with Crippen molar-refractivity contribution >= 4 is 23.4 Å². The molecule has 2 aromatic rings. The Morgan fingerprint density at radius 3 is 2.06 bits per heavy atom. The minimum absolute atomic E-state index is 0.00396. The fraction of sp³-hybridized carbons (Fsp3) is 0.423. The Morgan fingerprint density at radius 2 is 1.48 bits per heavy atom. The van der Waals surface area contributed by atoms with Crippen molar-refractivity contribution in [2.45, 2.75) is 32.2 Å². The number of amides is 3. The molecule has 2 aliphatic heterocycles. The first-order valence-corrected chi connectivity index (χ1v) is 11.7. The molecule has 1 spiro atoms. The monoisotopic (exact) mass is 448 g/mol. The molecule has 0 bridgehead atoms. The number of likely N-dealkylation sites (N-methyl/N-ethyl adjacent to an activating group) is 1. The molecule has 2 saturated heterocycles. The summed E-state index contributed by atoms with van der Waals surface area (Å²) in [7, 11) is 0. The minimum atomic E-state index is -0.738. The summed E-state index contributed by atoms with van der Waals surface area (Å²) in [5, 5.41) is 0. The van der Waals surface area contributed by atoms with Crippen LogP contribution in [0, 0.1) is 0 Å². The van der Waals surface area contributed by atoms with Gasteiger partial charge in [-0.15, -0.1) is 0 Å². The van der Waals surface area contributed by atoms with E-state index in [4.69, 9.17) is 0 Å². The van der Waals surface area contributed by atoms with Crippen LogP contribution >= 0.6 is 0 Å². The summed E-state index contributed by atoms with van der Waals surface area (Å²) < 4.78 is 0. The van der Waals surface area contributed by atoms with Gasteiger partial charge in [-0.2, -0.15) is 0 Å². The van der Waals surface area contributed by atoms with Gasteiger partial charge in [0.25, 0.3) is 11.8 Å². The zero-order chi connectivity index (χ0) is 23.4. The van der Waals surface area contributed by atoms with Gasteiger partial charge < -0.3 is 19.6 Å². The lowest BCUT2D eigenvalue weighted by molar-refractivity contribution is -0.140. The highest BCUT2D eigenvalue weighted by atomic mass is 16.2. The summed E-state index contributed by atoms with van der Waals surface area (Å²) in [5.41, 5.74) is 0.891. The SMILES string of the molecule is CCN(CC)C(=O)CN1CN(c2ccccc2)C2(CCN(C(=O)c3ccccc3)CC2)C1=O. The van der Waals surface area contributed by atoms with Crippen LogP contribution in [0.5, 0.6) is 0 Å². The van der Waals surface area contributed by atoms with Gasteiger partial charge in [-0.3, -0.25) is 14.4 Å². The number of hydrogen-bond acceptors (Lipinski definition) is 4. The summed E-state index contributed by atoms with van der Waals surface area (Å²) in [5.74, 6) is -0.0514. The quantitative estimate of drug-likeness (QED) is 0.682. The molecule has 0 aliphatic carbocycles. The van der Waals surface area contributed by atoms with Crippen molar-refractivity contribution in [2.75, 3.05) is 44.3 Å². The molecule has 0 radical (unpaired) electrons. The maximum absolute atomic E-state index is 13.8. The van der Waals surface area contributed by atoms with Crippen molar-refractivity contribution in [2.24, 2.45) is 0 Å². The standard InChI is InChI=1S/C26H32N4O3/c1-3-27(4-2)23(31)19-29-20-30(22-13-9-6-10-14-22)26(25(29)33)15-17-28(18-16-26)24(32)21-11-7-5-8-12-21/h5-14H,3-4,15-20H2,1-2H3. The fourth-order valence-corrected chi connectivity index (χ4v) is 5.00. The predicted octanol–water partition coefficient (Wildman–Crippen LogP) is 2.84. The number of para-hydroxylation sites is 1. The molecule has 0 atom stereocenters. The van der Waals surface area contributed by atoms with Crippen molar-refractivity contribution in [3.63, 3.8) is 0 Å². The third-order valence-corrected chi connectivity index (χ3v) is 6.92. The predicted molar refractivity (Wildman–Crippen MR) is 128 cm³/mol. The van der Waals surface area contributed by atoms with Gasteiger partial charge in [0.15, 0.2) is 0 Å². The van der Waals surface area contributed by atoms with E-state index in [0.717, 1.165) is 5.69 Å². The second kappa shape index (κ2) is 9.65. The molecule has 7 heteroatoms. The van der Waals surface area contributed by atoms with E-state index in [-0.39, 0.29) is 24.3 Å². The third kappa shape index (κ3) is 4.32. The van der Waals surface area contributed by atoms with Crippen LogP contribution in [0.1, 0.15) is 37.0 Å². The second-order valence-electron chi connectivity index (χ2n) is 8.66. The number of piperidine rings is 1. The molecule has 0 saturated carbocycles. The molecular weight excluding hydrogens is 416 g/mol. The maximum atomic E-state index is 13.8. The molecular formula is C26H32N4O3. The van der Waals surface area contributed by atoms with Crippen LogP contribution in [0.2, 0.25) is 0 Å². The zero-order valence-corrected chi connectivity index (χ0v) is 19.4. The number of rotatable bonds is 6. The van der Waals surface area contributed by atoms with E-state index >= 15 is 0 Å². The molecule has 2 aromatic carbocycles. The smallest absolute Gasteiger partial charge is 0.253 e. The first kappa shape index (κ1) is 22.8. The number of nitrogens with zero attached hydrogens (tertiary/aromatic N) is 4. The molecule has 2 fully saturated rings. The number of carbonyl (C=O) groups is 3. The van der Waals surface area contributed by atoms with Gasteiger partial charge >= 0.3 is 0 Å². The Kier molecular flexibility index (Phi) is 6.67. The highest BCUT2D eigenvalue weighted by Gasteiger charge is 2.54. The molecule has 33 heavy (non-hydrogen) atoms. The molecule has 0 aromatic heterocycles. The molecule has 0 unspecified atom stereocenters. The summed E-state index contributed by atoms with van der Waals surface area (Å²) in [4.78, 5) is 46.9. The molecule has 2 heterocycles. The lowest BCUT2D eigenvalue weighted by Crippen LogP contribution is -2.57. The number of likely N-dealkylation sites (tertiary alicyclic amines) is 1. The van der Waals surface area contributed by atoms with Crippen molar-refractivity contribution in [1.29, 1.82) is 0 Å². The topological polar surface area (TPSA) is 64.2 Å². The van der Waals surface area contributed by atoms with E-state index in [1.165, 1.54) is 0 Å². The first-order chi connectivity index (χ1) is 16.0. The first-order valence-electron chi connectivity index (χ1n) is 11.7. The maximum Gasteiger partial charge on any atom is 0.253 e. The van der Waals surface area contributed by atoms with Gasteiger partial charge in [0.1, 0.15) is 12.1 Å². The summed E-state index contributed by atoms with van der Waals surface area (Å²) in [6, 6.07) is 19.2. The number of hydrogen-bond donors (Lipinski definition) is 0. The summed E-state index contributed by atoms with van der Waals surface area (Å²) in [6.45, 7) is 6.61. The number of anilines is 1. The molecule has 2 aliphatic rings. The Bertz CT molecular complexity index is 983. The van der Waals surface area contributed by atoms with E-state index in [9.17, 15) is 14.4 Å². The van der Waals surface area contributed by atoms with E-state index < -0.39 is 5.54 Å². The highest BCUT2D eigenvalue weighted by molar-refractivity contribution is 5.97. The average molecular weight is 449 g/mol. The van der Waals surface area contributed by atoms with Gasteiger partial charge in [0.2, 0.25) is 5.91 Å². The van der Waals surface area contributed by atoms with Crippen LogP contribution in [-0.2, 0) is 9.59 Å². The van der Waals surface area contributed by atoms with Gasteiger partial charge in [0, 0.05) is 37.4 Å². The number of carbonyl (C=O) groups excluding carboxylic acids is 3. The highest BCUT2D eigenvalue weighted by Crippen LogP contribution is 2.39. The lowest BCUT2D eigenvalue weighted by Gasteiger charge is -2.43.